The van der Waals surface area contributed by atoms with Crippen LogP contribution in [0.15, 0.2) is 48.6 Å². The van der Waals surface area contributed by atoms with E-state index < -0.39 is 18.2 Å². The highest BCUT2D eigenvalue weighted by Gasteiger charge is 2.24. The Kier molecular flexibility index (Phi) is 46.1. The van der Waals surface area contributed by atoms with E-state index in [2.05, 4.69) is 50.4 Å². The predicted octanol–water partition coefficient (Wildman–Crippen LogP) is 15.5. The van der Waals surface area contributed by atoms with Crippen molar-refractivity contribution in [2.75, 3.05) is 6.61 Å². The van der Waals surface area contributed by atoms with E-state index >= 15 is 0 Å². The molecule has 0 aromatic carbocycles. The zero-order valence-corrected chi connectivity index (χ0v) is 39.8. The molecule has 0 bridgehead atoms. The second-order valence-corrected chi connectivity index (χ2v) is 17.6. The number of allylic oxidation sites excluding steroid dienone is 8. The first-order valence-electron chi connectivity index (χ1n) is 25.9. The minimum absolute atomic E-state index is 0.0641. The lowest BCUT2D eigenvalue weighted by Gasteiger charge is -2.24. The molecule has 1 amide bonds. The molecular weight excluding hydrogens is 743 g/mol. The Hall–Kier alpha value is -2.18. The molecule has 6 nitrogen and oxygen atoms in total. The zero-order chi connectivity index (χ0) is 43.8. The number of esters is 1. The molecule has 3 N–H and O–H groups in total. The molecule has 60 heavy (non-hydrogen) atoms. The molecule has 0 saturated carbocycles. The SMILES string of the molecule is CC/C=C/C=C/C=C\C=C/CCCCCC(=O)OC(CCCCCCCCCCCCCCCC)CC(=O)NC(CO)C(O)CCCCCCCCCCCCCCCC. The number of nitrogens with one attached hydrogen (secondary N) is 1. The molecule has 0 aromatic heterocycles. The van der Waals surface area contributed by atoms with Crippen LogP contribution in [0.25, 0.3) is 0 Å². The number of unbranched alkanes of at least 4 members (excludes halogenated alkanes) is 29. The summed E-state index contributed by atoms with van der Waals surface area (Å²) in [4.78, 5) is 26.1. The normalized spacial score (nSPS) is 13.6. The summed E-state index contributed by atoms with van der Waals surface area (Å²) < 4.78 is 5.92. The summed E-state index contributed by atoms with van der Waals surface area (Å²) in [5, 5.41) is 23.8. The van der Waals surface area contributed by atoms with Gasteiger partial charge in [-0.15, -0.1) is 0 Å². The average Bonchev–Trinajstić information content (AvgIpc) is 3.24. The molecule has 0 saturated heterocycles. The average molecular weight is 842 g/mol. The third-order valence-corrected chi connectivity index (χ3v) is 11.8. The summed E-state index contributed by atoms with van der Waals surface area (Å²) in [7, 11) is 0. The lowest BCUT2D eigenvalue weighted by Crippen LogP contribution is -2.46. The quantitative estimate of drug-likeness (QED) is 0.0322. The Morgan fingerprint density at radius 3 is 1.35 bits per heavy atom. The van der Waals surface area contributed by atoms with Crippen molar-refractivity contribution in [3.8, 4) is 0 Å². The third kappa shape index (κ3) is 42.5. The van der Waals surface area contributed by atoms with Crippen molar-refractivity contribution in [3.63, 3.8) is 0 Å². The van der Waals surface area contributed by atoms with Gasteiger partial charge in [0, 0.05) is 6.42 Å². The van der Waals surface area contributed by atoms with Gasteiger partial charge in [-0.2, -0.15) is 0 Å². The molecule has 0 heterocycles. The fraction of sp³-hybridized carbons (Fsp3) is 0.815. The maximum absolute atomic E-state index is 13.2. The molecule has 0 rings (SSSR count). The van der Waals surface area contributed by atoms with E-state index in [0.717, 1.165) is 64.2 Å². The highest BCUT2D eigenvalue weighted by atomic mass is 16.5. The second-order valence-electron chi connectivity index (χ2n) is 17.6. The monoisotopic (exact) mass is 842 g/mol. The lowest BCUT2D eigenvalue weighted by molar-refractivity contribution is -0.151. The van der Waals surface area contributed by atoms with Gasteiger partial charge in [0.25, 0.3) is 0 Å². The van der Waals surface area contributed by atoms with Crippen LogP contribution in [0.3, 0.4) is 0 Å². The van der Waals surface area contributed by atoms with Gasteiger partial charge in [-0.05, 0) is 44.9 Å². The molecule has 0 aliphatic heterocycles. The van der Waals surface area contributed by atoms with Crippen molar-refractivity contribution < 1.29 is 24.5 Å². The van der Waals surface area contributed by atoms with Crippen LogP contribution >= 0.6 is 0 Å². The molecule has 0 spiro atoms. The van der Waals surface area contributed by atoms with Crippen LogP contribution in [0.5, 0.6) is 0 Å². The van der Waals surface area contributed by atoms with Crippen molar-refractivity contribution in [3.05, 3.63) is 48.6 Å². The number of aliphatic hydroxyl groups excluding tert-OH is 2. The number of carbonyl (C=O) groups is 2. The molecule has 6 heteroatoms. The van der Waals surface area contributed by atoms with Crippen molar-refractivity contribution >= 4 is 11.9 Å². The van der Waals surface area contributed by atoms with Crippen LogP contribution in [-0.4, -0.2) is 46.9 Å². The zero-order valence-electron chi connectivity index (χ0n) is 39.8. The topological polar surface area (TPSA) is 95.9 Å². The largest absolute Gasteiger partial charge is 0.462 e. The van der Waals surface area contributed by atoms with Gasteiger partial charge in [0.05, 0.1) is 25.2 Å². The van der Waals surface area contributed by atoms with Gasteiger partial charge in [0.2, 0.25) is 5.91 Å². The van der Waals surface area contributed by atoms with Gasteiger partial charge in [-0.25, -0.2) is 0 Å². The van der Waals surface area contributed by atoms with Crippen LogP contribution in [0.4, 0.5) is 0 Å². The van der Waals surface area contributed by atoms with Gasteiger partial charge in [0.1, 0.15) is 6.10 Å². The van der Waals surface area contributed by atoms with E-state index in [-0.39, 0.29) is 24.9 Å². The molecule has 0 radical (unpaired) electrons. The number of amides is 1. The van der Waals surface area contributed by atoms with Gasteiger partial charge in [-0.1, -0.05) is 249 Å². The first-order chi connectivity index (χ1) is 29.5. The summed E-state index contributed by atoms with van der Waals surface area (Å²) in [5.74, 6) is -0.511. The number of rotatable bonds is 46. The maximum atomic E-state index is 13.2. The third-order valence-electron chi connectivity index (χ3n) is 11.8. The fourth-order valence-corrected chi connectivity index (χ4v) is 7.85. The standard InChI is InChI=1S/C54H99NO5/c1-4-7-10-13-16-19-22-25-28-30-33-36-39-42-45-50(60-54(59)47-44-41-38-35-32-27-24-21-18-15-12-9-6-3)48-53(58)55-51(49-56)52(57)46-43-40-37-34-31-29-26-23-20-17-14-11-8-5-2/h9,12,15,18,21,24,27,32,50-52,56-57H,4-8,10-11,13-14,16-17,19-20,22-23,25-26,28-31,33-49H2,1-3H3,(H,55,58)/b12-9+,18-15+,24-21-,32-27-. The van der Waals surface area contributed by atoms with Crippen LogP contribution in [0, 0.1) is 0 Å². The Balaban J connectivity index is 4.60. The number of hydrogen-bond donors (Lipinski definition) is 3. The molecule has 3 atom stereocenters. The van der Waals surface area contributed by atoms with Gasteiger partial charge < -0.3 is 20.3 Å². The van der Waals surface area contributed by atoms with Crippen LogP contribution in [0.2, 0.25) is 0 Å². The van der Waals surface area contributed by atoms with Crippen molar-refractivity contribution in [1.29, 1.82) is 0 Å². The Labute approximate surface area is 372 Å². The van der Waals surface area contributed by atoms with Crippen molar-refractivity contribution in [2.24, 2.45) is 0 Å². The number of hydrogen-bond acceptors (Lipinski definition) is 5. The summed E-state index contributed by atoms with van der Waals surface area (Å²) in [6, 6.07) is -0.708. The van der Waals surface area contributed by atoms with Gasteiger partial charge in [0.15, 0.2) is 0 Å². The van der Waals surface area contributed by atoms with E-state index in [1.165, 1.54) is 148 Å². The first-order valence-corrected chi connectivity index (χ1v) is 25.9. The van der Waals surface area contributed by atoms with Crippen LogP contribution < -0.4 is 5.32 Å². The predicted molar refractivity (Wildman–Crippen MR) is 259 cm³/mol. The summed E-state index contributed by atoms with van der Waals surface area (Å²) in [6.45, 7) is 6.35. The molecule has 0 aliphatic rings. The Morgan fingerprint density at radius 2 is 0.900 bits per heavy atom. The molecule has 0 aromatic rings. The smallest absolute Gasteiger partial charge is 0.306 e. The van der Waals surface area contributed by atoms with Crippen LogP contribution in [-0.2, 0) is 14.3 Å². The van der Waals surface area contributed by atoms with E-state index in [9.17, 15) is 19.8 Å². The summed E-state index contributed by atoms with van der Waals surface area (Å²) in [5.41, 5.74) is 0. The number of ether oxygens (including phenoxy) is 1. The van der Waals surface area contributed by atoms with E-state index in [4.69, 9.17) is 4.74 Å². The van der Waals surface area contributed by atoms with E-state index in [0.29, 0.717) is 19.3 Å². The number of carbonyl (C=O) groups excluding carboxylic acids is 2. The summed E-state index contributed by atoms with van der Waals surface area (Å²) >= 11 is 0. The van der Waals surface area contributed by atoms with Crippen LogP contribution in [0.1, 0.15) is 258 Å². The molecule has 0 fully saturated rings. The summed E-state index contributed by atoms with van der Waals surface area (Å²) in [6.07, 6.45) is 57.4. The Bertz CT molecular complexity index is 1040. The molecule has 0 aliphatic carbocycles. The lowest BCUT2D eigenvalue weighted by atomic mass is 10.0. The molecular formula is C54H99NO5. The van der Waals surface area contributed by atoms with E-state index in [1.807, 2.05) is 24.3 Å². The highest BCUT2D eigenvalue weighted by Crippen LogP contribution is 2.18. The minimum atomic E-state index is -0.793. The second kappa shape index (κ2) is 47.9. The fourth-order valence-electron chi connectivity index (χ4n) is 7.85. The van der Waals surface area contributed by atoms with Crippen molar-refractivity contribution in [1.82, 2.24) is 5.32 Å². The first kappa shape index (κ1) is 57.8. The Morgan fingerprint density at radius 1 is 0.500 bits per heavy atom. The molecule has 3 unspecified atom stereocenters. The minimum Gasteiger partial charge on any atom is -0.462 e. The van der Waals surface area contributed by atoms with Crippen molar-refractivity contribution in [2.45, 2.75) is 277 Å². The number of aliphatic hydroxyl groups is 2. The highest BCUT2D eigenvalue weighted by molar-refractivity contribution is 5.77. The van der Waals surface area contributed by atoms with Gasteiger partial charge >= 0.3 is 5.97 Å². The maximum Gasteiger partial charge on any atom is 0.306 e. The van der Waals surface area contributed by atoms with Gasteiger partial charge in [-0.3, -0.25) is 9.59 Å². The molecule has 350 valence electrons. The van der Waals surface area contributed by atoms with E-state index in [1.54, 1.807) is 0 Å².